The van der Waals surface area contributed by atoms with E-state index in [-0.39, 0.29) is 88.7 Å². The molecule has 2 fully saturated rings. The standard InChI is InChI=1S/C17H21FN2O4.C17H19FN2O4.CH4O.B.Na.H/c2*1-10(21)19-8-13-9-20(17(23)24-13)12-6-11-4-2-3-5-15(22)16(11)14(18)7-12;1-2;;;/h6-7,13,15,22H,2-5,8-9H2,1H3,(H,19,21);6-7,13H,2-5,8-9H2,1H3,(H,19,21);2H,1H3;;;/q;;;;+1;-1/t13-,15?;13-;;;;/m00..../s1. The summed E-state index contributed by atoms with van der Waals surface area (Å²) in [6.45, 7) is 3.69. The third-order valence-corrected chi connectivity index (χ3v) is 8.77. The van der Waals surface area contributed by atoms with E-state index in [2.05, 4.69) is 10.6 Å². The summed E-state index contributed by atoms with van der Waals surface area (Å²) in [5, 5.41) is 22.3. The van der Waals surface area contributed by atoms with Crippen molar-refractivity contribution < 1.29 is 83.4 Å². The molecule has 2 saturated heterocycles. The number of amides is 4. The molecule has 2 heterocycles. The van der Waals surface area contributed by atoms with Crippen LogP contribution in [-0.4, -0.2) is 93.9 Å². The first-order chi connectivity index (χ1) is 23.9. The molecule has 2 aromatic rings. The van der Waals surface area contributed by atoms with Gasteiger partial charge in [0.1, 0.15) is 23.8 Å². The summed E-state index contributed by atoms with van der Waals surface area (Å²) in [7, 11) is 1.00. The number of benzene rings is 2. The molecule has 2 aliphatic heterocycles. The van der Waals surface area contributed by atoms with Crippen molar-refractivity contribution in [1.29, 1.82) is 0 Å². The van der Waals surface area contributed by atoms with Crippen molar-refractivity contribution >= 4 is 49.6 Å². The van der Waals surface area contributed by atoms with Gasteiger partial charge in [0.05, 0.1) is 49.2 Å². The van der Waals surface area contributed by atoms with Gasteiger partial charge in [-0.1, -0.05) is 6.42 Å². The number of fused-ring (bicyclic) bond motifs is 2. The number of nitrogens with zero attached hydrogens (tertiary/aromatic N) is 2. The van der Waals surface area contributed by atoms with E-state index in [0.717, 1.165) is 38.4 Å². The molecule has 0 saturated carbocycles. The number of anilines is 2. The average Bonchev–Trinajstić information content (AvgIpc) is 3.50. The monoisotopic (exact) mass is 737 g/mol. The molecule has 2 aromatic carbocycles. The Bertz CT molecular complexity index is 1630. The fourth-order valence-electron chi connectivity index (χ4n) is 6.42. The molecule has 0 bridgehead atoms. The molecule has 0 spiro atoms. The number of carbonyl (C=O) groups excluding carboxylic acids is 5. The molecule has 52 heavy (non-hydrogen) atoms. The molecule has 0 aromatic heterocycles. The molecule has 3 atom stereocenters. The minimum Gasteiger partial charge on any atom is -1.00 e. The number of carbonyl (C=O) groups is 5. The van der Waals surface area contributed by atoms with Crippen LogP contribution in [0.2, 0.25) is 0 Å². The van der Waals surface area contributed by atoms with Crippen molar-refractivity contribution in [3.63, 3.8) is 0 Å². The SMILES string of the molecule is CC(=O)NC[C@H]1CN(c2cc(F)c3c(c2)CCCCC3=O)C(=O)O1.CC(=O)NC[C@H]1CN(c2cc(F)c3c(c2)CCCCC3O)C(=O)O1.CO.[B].[H-].[Na+]. The van der Waals surface area contributed by atoms with Crippen LogP contribution < -0.4 is 50.0 Å². The number of aliphatic hydroxyl groups is 2. The molecule has 3 radical (unpaired) electrons. The third-order valence-electron chi connectivity index (χ3n) is 8.77. The van der Waals surface area contributed by atoms with E-state index in [1.54, 1.807) is 12.1 Å². The average molecular weight is 738 g/mol. The molecule has 1 unspecified atom stereocenters. The number of Topliss-reactive ketones (excluding diaryl/α,β-unsaturated/α-hetero) is 1. The topological polar surface area (TPSA) is 175 Å². The summed E-state index contributed by atoms with van der Waals surface area (Å²) in [5.41, 5.74) is 2.70. The quantitative estimate of drug-likeness (QED) is 0.245. The van der Waals surface area contributed by atoms with Crippen LogP contribution >= 0.6 is 0 Å². The minimum atomic E-state index is -0.797. The van der Waals surface area contributed by atoms with E-state index in [9.17, 15) is 37.9 Å². The zero-order chi connectivity index (χ0) is 36.5. The molecule has 4 aliphatic rings. The van der Waals surface area contributed by atoms with Gasteiger partial charge >= 0.3 is 41.7 Å². The molecule has 13 nitrogen and oxygen atoms in total. The van der Waals surface area contributed by atoms with Crippen LogP contribution in [0.1, 0.15) is 87.0 Å². The Balaban J connectivity index is 0.000000480. The first-order valence-corrected chi connectivity index (χ1v) is 16.7. The molecule has 277 valence electrons. The number of hydrogen-bond donors (Lipinski definition) is 4. The third kappa shape index (κ3) is 11.2. The van der Waals surface area contributed by atoms with Gasteiger partial charge in [-0.3, -0.25) is 24.2 Å². The molecule has 4 N–H and O–H groups in total. The number of nitrogens with one attached hydrogen (secondary N) is 2. The predicted octanol–water partition coefficient (Wildman–Crippen LogP) is 0.587. The van der Waals surface area contributed by atoms with Crippen LogP contribution in [0, 0.1) is 11.6 Å². The van der Waals surface area contributed by atoms with Crippen molar-refractivity contribution in [2.45, 2.75) is 83.5 Å². The normalized spacial score (nSPS) is 20.4. The Morgan fingerprint density at radius 3 is 1.79 bits per heavy atom. The second-order valence-corrected chi connectivity index (χ2v) is 12.5. The van der Waals surface area contributed by atoms with Crippen LogP contribution in [0.15, 0.2) is 24.3 Å². The van der Waals surface area contributed by atoms with Crippen molar-refractivity contribution in [1.82, 2.24) is 10.6 Å². The van der Waals surface area contributed by atoms with Gasteiger partial charge in [0.25, 0.3) is 0 Å². The number of ether oxygens (including phenoxy) is 2. The van der Waals surface area contributed by atoms with E-state index in [0.29, 0.717) is 48.2 Å². The van der Waals surface area contributed by atoms with Crippen LogP contribution in [0.25, 0.3) is 0 Å². The number of rotatable bonds is 6. The van der Waals surface area contributed by atoms with Crippen LogP contribution in [0.4, 0.5) is 29.7 Å². The second-order valence-electron chi connectivity index (χ2n) is 12.5. The van der Waals surface area contributed by atoms with E-state index >= 15 is 0 Å². The molecular formula is C35H45BF2N4NaO9. The smallest absolute Gasteiger partial charge is 1.00 e. The maximum absolute atomic E-state index is 14.5. The number of ketones is 1. The van der Waals surface area contributed by atoms with Gasteiger partial charge in [-0.05, 0) is 73.9 Å². The van der Waals surface area contributed by atoms with E-state index in [4.69, 9.17) is 14.6 Å². The van der Waals surface area contributed by atoms with Gasteiger partial charge in [-0.2, -0.15) is 0 Å². The summed E-state index contributed by atoms with van der Waals surface area (Å²) in [6.07, 6.45) is 2.60. The Labute approximate surface area is 327 Å². The van der Waals surface area contributed by atoms with E-state index < -0.39 is 42.1 Å². The summed E-state index contributed by atoms with van der Waals surface area (Å²) >= 11 is 0. The largest absolute Gasteiger partial charge is 1.00 e. The first-order valence-electron chi connectivity index (χ1n) is 16.7. The molecule has 4 amide bonds. The predicted molar refractivity (Wildman–Crippen MR) is 185 cm³/mol. The molecule has 2 aliphatic carbocycles. The Hall–Kier alpha value is -3.57. The maximum Gasteiger partial charge on any atom is 1.00 e. The summed E-state index contributed by atoms with van der Waals surface area (Å²) in [6, 6.07) is 5.94. The maximum atomic E-state index is 14.5. The summed E-state index contributed by atoms with van der Waals surface area (Å²) in [5.74, 6) is -1.67. The van der Waals surface area contributed by atoms with E-state index in [1.165, 1.54) is 35.8 Å². The fraction of sp³-hybridized carbons (Fsp3) is 0.514. The Morgan fingerprint density at radius 2 is 1.25 bits per heavy atom. The second kappa shape index (κ2) is 20.6. The van der Waals surface area contributed by atoms with Crippen LogP contribution in [0.3, 0.4) is 0 Å². The number of aryl methyl sites for hydroxylation is 2. The van der Waals surface area contributed by atoms with Crippen LogP contribution in [0.5, 0.6) is 0 Å². The van der Waals surface area contributed by atoms with Crippen molar-refractivity contribution in [2.24, 2.45) is 0 Å². The van der Waals surface area contributed by atoms with Crippen molar-refractivity contribution in [3.05, 3.63) is 58.2 Å². The van der Waals surface area contributed by atoms with Crippen LogP contribution in [-0.2, 0) is 31.9 Å². The summed E-state index contributed by atoms with van der Waals surface area (Å²) < 4.78 is 39.3. The van der Waals surface area contributed by atoms with Gasteiger partial charge in [-0.25, -0.2) is 18.4 Å². The number of halogens is 2. The number of hydrogen-bond acceptors (Lipinski definition) is 9. The van der Waals surface area contributed by atoms with E-state index in [1.807, 2.05) is 0 Å². The first kappa shape index (κ1) is 44.6. The van der Waals surface area contributed by atoms with Gasteiger partial charge < -0.3 is 31.7 Å². The molecule has 6 rings (SSSR count). The number of cyclic esters (lactones) is 2. The summed E-state index contributed by atoms with van der Waals surface area (Å²) in [4.78, 5) is 60.8. The van der Waals surface area contributed by atoms with Gasteiger partial charge in [0, 0.05) is 41.4 Å². The molecule has 17 heteroatoms. The minimum absolute atomic E-state index is 0. The Morgan fingerprint density at radius 1 is 0.788 bits per heavy atom. The van der Waals surface area contributed by atoms with Gasteiger partial charge in [-0.15, -0.1) is 0 Å². The zero-order valence-electron chi connectivity index (χ0n) is 31.0. The molecular weight excluding hydrogens is 692 g/mol. The van der Waals surface area contributed by atoms with Crippen molar-refractivity contribution in [3.8, 4) is 0 Å². The van der Waals surface area contributed by atoms with Gasteiger partial charge in [0.15, 0.2) is 5.78 Å². The number of aliphatic hydroxyl groups excluding tert-OH is 2. The van der Waals surface area contributed by atoms with Crippen molar-refractivity contribution in [2.75, 3.05) is 43.1 Å². The zero-order valence-corrected chi connectivity index (χ0v) is 32.0. The Kier molecular flexibility index (Phi) is 17.7. The fourth-order valence-corrected chi connectivity index (χ4v) is 6.42. The van der Waals surface area contributed by atoms with Gasteiger partial charge in [0.2, 0.25) is 11.8 Å².